The van der Waals surface area contributed by atoms with Gasteiger partial charge in [0.1, 0.15) is 0 Å². The van der Waals surface area contributed by atoms with Gasteiger partial charge in [-0.15, -0.1) is 0 Å². The van der Waals surface area contributed by atoms with Crippen molar-refractivity contribution in [3.05, 3.63) is 71.3 Å². The Hall–Kier alpha value is -4.21. The fourth-order valence-corrected chi connectivity index (χ4v) is 4.94. The number of hydrogen-bond donors (Lipinski definition) is 4. The van der Waals surface area contributed by atoms with Crippen molar-refractivity contribution >= 4 is 30.0 Å². The van der Waals surface area contributed by atoms with Gasteiger partial charge in [0.25, 0.3) is 0 Å². The summed E-state index contributed by atoms with van der Waals surface area (Å²) in [5, 5.41) is 5.17. The Labute approximate surface area is 269 Å². The molecule has 6 N–H and O–H groups in total. The zero-order valence-corrected chi connectivity index (χ0v) is 27.4. The van der Waals surface area contributed by atoms with Crippen LogP contribution in [0.3, 0.4) is 0 Å². The first-order valence-corrected chi connectivity index (χ1v) is 16.3. The van der Waals surface area contributed by atoms with E-state index in [1.54, 1.807) is 12.1 Å². The highest BCUT2D eigenvalue weighted by molar-refractivity contribution is 5.97. The first-order chi connectivity index (χ1) is 21.8. The smallest absolute Gasteiger partial charge is 0.239 e. The maximum absolute atomic E-state index is 12.3. The molecule has 2 aromatic carbocycles. The maximum Gasteiger partial charge on any atom is 0.239 e. The molecule has 0 spiro atoms. The van der Waals surface area contributed by atoms with Gasteiger partial charge in [-0.05, 0) is 42.7 Å². The third-order valence-corrected chi connectivity index (χ3v) is 7.32. The minimum absolute atomic E-state index is 0.0337. The van der Waals surface area contributed by atoms with Gasteiger partial charge in [-0.2, -0.15) is 0 Å². The van der Waals surface area contributed by atoms with Gasteiger partial charge in [0.15, 0.2) is 11.7 Å². The molecule has 0 saturated heterocycles. The lowest BCUT2D eigenvalue weighted by atomic mass is 9.89. The van der Waals surface area contributed by atoms with Crippen molar-refractivity contribution in [1.82, 2.24) is 15.5 Å². The van der Waals surface area contributed by atoms with Crippen LogP contribution in [0, 0.1) is 5.92 Å². The number of carbonyl (C=O) groups is 4. The van der Waals surface area contributed by atoms with E-state index in [1.807, 2.05) is 56.0 Å². The number of fused-ring (bicyclic) bond motifs is 1. The Bertz CT molecular complexity index is 1160. The molecule has 0 radical (unpaired) electrons. The summed E-state index contributed by atoms with van der Waals surface area (Å²) in [5.74, 6) is 0.832. The SMILES string of the molecule is CC.CCCN=C(N)N.O=C(CCC(=O)N1CCc2ccccc2C1)c1ccccc1.O=CNCC(=O)NCC1CCCCC1. The number of carbonyl (C=O) groups excluding carboxylic acids is 4. The topological polar surface area (TPSA) is 160 Å². The van der Waals surface area contributed by atoms with E-state index >= 15 is 0 Å². The number of rotatable bonds is 11. The number of nitrogens with two attached hydrogens (primary N) is 2. The monoisotopic (exact) mass is 622 g/mol. The second-order valence-corrected chi connectivity index (χ2v) is 10.7. The number of ketones is 1. The molecule has 0 unspecified atom stereocenters. The zero-order chi connectivity index (χ0) is 33.3. The van der Waals surface area contributed by atoms with Crippen LogP contribution in [0.5, 0.6) is 0 Å². The fraction of sp³-hybridized carbons (Fsp3) is 0.514. The highest BCUT2D eigenvalue weighted by atomic mass is 16.2. The largest absolute Gasteiger partial charge is 0.370 e. The van der Waals surface area contributed by atoms with Crippen molar-refractivity contribution in [3.63, 3.8) is 0 Å². The van der Waals surface area contributed by atoms with Crippen LogP contribution in [0.15, 0.2) is 59.6 Å². The Balaban J connectivity index is 0.000000377. The Morgan fingerprint density at radius 3 is 2.18 bits per heavy atom. The number of guanidine groups is 1. The second-order valence-electron chi connectivity index (χ2n) is 10.7. The van der Waals surface area contributed by atoms with Crippen LogP contribution < -0.4 is 22.1 Å². The van der Waals surface area contributed by atoms with Gasteiger partial charge >= 0.3 is 0 Å². The van der Waals surface area contributed by atoms with Gasteiger partial charge in [-0.1, -0.05) is 94.6 Å². The molecule has 2 aliphatic rings. The first kappa shape index (κ1) is 38.8. The highest BCUT2D eigenvalue weighted by Gasteiger charge is 2.21. The van der Waals surface area contributed by atoms with E-state index in [0.29, 0.717) is 24.4 Å². The predicted octanol–water partition coefficient (Wildman–Crippen LogP) is 4.36. The Morgan fingerprint density at radius 2 is 1.58 bits per heavy atom. The van der Waals surface area contributed by atoms with Crippen molar-refractivity contribution in [2.24, 2.45) is 22.4 Å². The van der Waals surface area contributed by atoms with Gasteiger partial charge < -0.3 is 27.0 Å². The lowest BCUT2D eigenvalue weighted by Gasteiger charge is -2.28. The van der Waals surface area contributed by atoms with Gasteiger partial charge in [0.05, 0.1) is 6.54 Å². The van der Waals surface area contributed by atoms with E-state index in [2.05, 4.69) is 27.8 Å². The molecule has 0 aromatic heterocycles. The third-order valence-electron chi connectivity index (χ3n) is 7.32. The van der Waals surface area contributed by atoms with E-state index in [9.17, 15) is 19.2 Å². The molecule has 0 bridgehead atoms. The van der Waals surface area contributed by atoms with Crippen LogP contribution in [0.4, 0.5) is 0 Å². The van der Waals surface area contributed by atoms with Crippen LogP contribution in [-0.2, 0) is 27.3 Å². The van der Waals surface area contributed by atoms with Gasteiger partial charge in [-0.25, -0.2) is 0 Å². The minimum Gasteiger partial charge on any atom is -0.370 e. The van der Waals surface area contributed by atoms with Crippen molar-refractivity contribution in [1.29, 1.82) is 0 Å². The quantitative estimate of drug-likeness (QED) is 0.126. The molecule has 1 fully saturated rings. The molecule has 248 valence electrons. The minimum atomic E-state index is -0.0947. The first-order valence-electron chi connectivity index (χ1n) is 16.3. The maximum atomic E-state index is 12.3. The van der Waals surface area contributed by atoms with Crippen LogP contribution in [-0.4, -0.2) is 61.0 Å². The molecule has 10 nitrogen and oxygen atoms in total. The van der Waals surface area contributed by atoms with E-state index in [-0.39, 0.29) is 42.9 Å². The van der Waals surface area contributed by atoms with E-state index < -0.39 is 0 Å². The summed E-state index contributed by atoms with van der Waals surface area (Å²) in [6.45, 7) is 9.02. The molecule has 45 heavy (non-hydrogen) atoms. The summed E-state index contributed by atoms with van der Waals surface area (Å²) in [6.07, 6.45) is 9.35. The molecular formula is C35H54N6O4. The summed E-state index contributed by atoms with van der Waals surface area (Å²) in [5.41, 5.74) is 13.2. The van der Waals surface area contributed by atoms with Gasteiger partial charge in [0, 0.05) is 44.6 Å². The standard InChI is InChI=1S/C19H19NO2.C10H18N2O2.C4H11N3.C2H6/c21-18(16-7-2-1-3-8-16)10-11-19(22)20-13-12-15-6-4-5-9-17(15)14-20;13-8-11-7-10(14)12-6-9-4-2-1-3-5-9;1-2-3-7-4(5)6;1-2/h1-9H,10-14H2;8-9H,1-7H2,(H,11,13)(H,12,14);2-3H2,1H3,(H4,5,6,7);1-2H3. The summed E-state index contributed by atoms with van der Waals surface area (Å²) in [6, 6.07) is 17.4. The molecule has 1 heterocycles. The van der Waals surface area contributed by atoms with Crippen LogP contribution in [0.1, 0.15) is 93.6 Å². The zero-order valence-electron chi connectivity index (χ0n) is 27.4. The van der Waals surface area contributed by atoms with Gasteiger partial charge in [0.2, 0.25) is 18.2 Å². The number of aliphatic imine (C=N–C) groups is 1. The molecule has 4 rings (SSSR count). The van der Waals surface area contributed by atoms with Crippen LogP contribution in [0.2, 0.25) is 0 Å². The number of Topliss-reactive ketones (excluding diaryl/α,β-unsaturated/α-hetero) is 1. The highest BCUT2D eigenvalue weighted by Crippen LogP contribution is 2.22. The van der Waals surface area contributed by atoms with E-state index in [4.69, 9.17) is 11.5 Å². The predicted molar refractivity (Wildman–Crippen MR) is 182 cm³/mol. The second kappa shape index (κ2) is 24.2. The van der Waals surface area contributed by atoms with Crippen molar-refractivity contribution < 1.29 is 19.2 Å². The van der Waals surface area contributed by atoms with Crippen LogP contribution in [0.25, 0.3) is 0 Å². The number of hydrogen-bond acceptors (Lipinski definition) is 5. The average molecular weight is 623 g/mol. The van der Waals surface area contributed by atoms with Gasteiger partial charge in [-0.3, -0.25) is 24.2 Å². The normalized spacial score (nSPS) is 13.4. The van der Waals surface area contributed by atoms with Crippen LogP contribution >= 0.6 is 0 Å². The summed E-state index contributed by atoms with van der Waals surface area (Å²) < 4.78 is 0. The molecule has 1 aliphatic heterocycles. The summed E-state index contributed by atoms with van der Waals surface area (Å²) >= 11 is 0. The Morgan fingerprint density at radius 1 is 0.933 bits per heavy atom. The number of nitrogens with zero attached hydrogens (tertiary/aromatic N) is 2. The summed E-state index contributed by atoms with van der Waals surface area (Å²) in [7, 11) is 0. The number of nitrogens with one attached hydrogen (secondary N) is 2. The van der Waals surface area contributed by atoms with Crippen molar-refractivity contribution in [2.45, 2.75) is 85.1 Å². The average Bonchev–Trinajstić information content (AvgIpc) is 3.09. The molecule has 1 aliphatic carbocycles. The number of amides is 3. The lowest BCUT2D eigenvalue weighted by Crippen LogP contribution is -2.36. The molecule has 3 amide bonds. The lowest BCUT2D eigenvalue weighted by molar-refractivity contribution is -0.132. The molecule has 1 saturated carbocycles. The van der Waals surface area contributed by atoms with Crippen molar-refractivity contribution in [2.75, 3.05) is 26.2 Å². The van der Waals surface area contributed by atoms with Crippen molar-refractivity contribution in [3.8, 4) is 0 Å². The molecular weight excluding hydrogens is 568 g/mol. The van der Waals surface area contributed by atoms with E-state index in [0.717, 1.165) is 32.5 Å². The molecule has 0 atom stereocenters. The fourth-order valence-electron chi connectivity index (χ4n) is 4.94. The summed E-state index contributed by atoms with van der Waals surface area (Å²) in [4.78, 5) is 51.0. The molecule has 2 aromatic rings. The number of benzene rings is 2. The Kier molecular flexibility index (Phi) is 20.8. The van der Waals surface area contributed by atoms with E-state index in [1.165, 1.54) is 43.2 Å². The molecule has 10 heteroatoms. The third kappa shape index (κ3) is 17.0.